The van der Waals surface area contributed by atoms with Crippen molar-refractivity contribution in [3.63, 3.8) is 0 Å². The van der Waals surface area contributed by atoms with Crippen LogP contribution in [0.2, 0.25) is 0 Å². The van der Waals surface area contributed by atoms with Crippen LogP contribution in [0.15, 0.2) is 47.8 Å². The van der Waals surface area contributed by atoms with Gasteiger partial charge in [-0.3, -0.25) is 4.90 Å². The van der Waals surface area contributed by atoms with Gasteiger partial charge in [0.1, 0.15) is 0 Å². The minimum Gasteiger partial charge on any atom is -0.316 e. The van der Waals surface area contributed by atoms with Gasteiger partial charge in [0.15, 0.2) is 0 Å². The van der Waals surface area contributed by atoms with Gasteiger partial charge in [0.05, 0.1) is 0 Å². The summed E-state index contributed by atoms with van der Waals surface area (Å²) >= 11 is 1.86. The summed E-state index contributed by atoms with van der Waals surface area (Å²) < 4.78 is 0. The summed E-state index contributed by atoms with van der Waals surface area (Å²) in [6.45, 7) is 5.90. The van der Waals surface area contributed by atoms with E-state index in [1.54, 1.807) is 0 Å². The Balaban J connectivity index is 1.30. The molecule has 0 atom stereocenters. The molecule has 1 aliphatic rings. The van der Waals surface area contributed by atoms with E-state index in [0.717, 1.165) is 19.0 Å². The van der Waals surface area contributed by atoms with Gasteiger partial charge in [-0.2, -0.15) is 0 Å². The highest BCUT2D eigenvalue weighted by Crippen LogP contribution is 2.18. The SMILES string of the molecule is c1ccc(CN2CCC(CNCCc3cccs3)CC2)cc1. The largest absolute Gasteiger partial charge is 0.316 e. The fourth-order valence-corrected chi connectivity index (χ4v) is 3.87. The third-order valence-corrected chi connectivity index (χ3v) is 5.45. The van der Waals surface area contributed by atoms with Crippen LogP contribution in [0.3, 0.4) is 0 Å². The molecule has 0 unspecified atom stereocenters. The predicted molar refractivity (Wildman–Crippen MR) is 95.3 cm³/mol. The van der Waals surface area contributed by atoms with E-state index >= 15 is 0 Å². The standard InChI is InChI=1S/C19H26N2S/c1-2-5-18(6-3-1)16-21-12-9-17(10-13-21)15-20-11-8-19-7-4-14-22-19/h1-7,14,17,20H,8-13,15-16H2. The molecule has 1 aromatic carbocycles. The summed E-state index contributed by atoms with van der Waals surface area (Å²) in [7, 11) is 0. The molecule has 3 rings (SSSR count). The second-order valence-electron chi connectivity index (χ2n) is 6.24. The summed E-state index contributed by atoms with van der Waals surface area (Å²) in [5.74, 6) is 0.857. The van der Waals surface area contributed by atoms with Crippen LogP contribution in [0.1, 0.15) is 23.3 Å². The summed E-state index contributed by atoms with van der Waals surface area (Å²) in [6.07, 6.45) is 3.84. The number of hydrogen-bond donors (Lipinski definition) is 1. The zero-order valence-electron chi connectivity index (χ0n) is 13.2. The van der Waals surface area contributed by atoms with E-state index in [-0.39, 0.29) is 0 Å². The number of piperidine rings is 1. The molecule has 1 aliphatic heterocycles. The Morgan fingerprint density at radius 2 is 1.86 bits per heavy atom. The fourth-order valence-electron chi connectivity index (χ4n) is 3.16. The number of rotatable bonds is 7. The van der Waals surface area contributed by atoms with Crippen LogP contribution < -0.4 is 5.32 Å². The lowest BCUT2D eigenvalue weighted by Crippen LogP contribution is -2.37. The number of benzene rings is 1. The van der Waals surface area contributed by atoms with Gasteiger partial charge in [-0.15, -0.1) is 11.3 Å². The van der Waals surface area contributed by atoms with Crippen molar-refractivity contribution in [1.29, 1.82) is 0 Å². The van der Waals surface area contributed by atoms with Crippen molar-refractivity contribution in [2.45, 2.75) is 25.8 Å². The molecule has 1 N–H and O–H groups in total. The smallest absolute Gasteiger partial charge is 0.0233 e. The highest BCUT2D eigenvalue weighted by molar-refractivity contribution is 7.09. The maximum atomic E-state index is 3.65. The number of nitrogens with zero attached hydrogens (tertiary/aromatic N) is 1. The highest BCUT2D eigenvalue weighted by atomic mass is 32.1. The van der Waals surface area contributed by atoms with E-state index in [1.807, 2.05) is 11.3 Å². The summed E-state index contributed by atoms with van der Waals surface area (Å²) in [6, 6.07) is 15.2. The van der Waals surface area contributed by atoms with Crippen molar-refractivity contribution < 1.29 is 0 Å². The van der Waals surface area contributed by atoms with Crippen LogP contribution in [0, 0.1) is 5.92 Å². The fraction of sp³-hybridized carbons (Fsp3) is 0.474. The van der Waals surface area contributed by atoms with Gasteiger partial charge in [0, 0.05) is 11.4 Å². The molecule has 1 aromatic heterocycles. The predicted octanol–water partition coefficient (Wildman–Crippen LogP) is 3.79. The van der Waals surface area contributed by atoms with Crippen LogP contribution in [-0.2, 0) is 13.0 Å². The molecule has 0 amide bonds. The van der Waals surface area contributed by atoms with Crippen LogP contribution in [0.25, 0.3) is 0 Å². The Morgan fingerprint density at radius 3 is 2.59 bits per heavy atom. The van der Waals surface area contributed by atoms with E-state index in [0.29, 0.717) is 0 Å². The Morgan fingerprint density at radius 1 is 1.05 bits per heavy atom. The molecule has 0 aliphatic carbocycles. The Hall–Kier alpha value is -1.16. The van der Waals surface area contributed by atoms with Gasteiger partial charge in [-0.25, -0.2) is 0 Å². The number of likely N-dealkylation sites (tertiary alicyclic amines) is 1. The topological polar surface area (TPSA) is 15.3 Å². The van der Waals surface area contributed by atoms with Crippen LogP contribution in [-0.4, -0.2) is 31.1 Å². The van der Waals surface area contributed by atoms with E-state index in [9.17, 15) is 0 Å². The molecule has 1 fully saturated rings. The van der Waals surface area contributed by atoms with Gasteiger partial charge >= 0.3 is 0 Å². The van der Waals surface area contributed by atoms with Crippen molar-refractivity contribution >= 4 is 11.3 Å². The van der Waals surface area contributed by atoms with Gasteiger partial charge in [-0.1, -0.05) is 36.4 Å². The van der Waals surface area contributed by atoms with Crippen molar-refractivity contribution in [1.82, 2.24) is 10.2 Å². The third-order valence-electron chi connectivity index (χ3n) is 4.52. The lowest BCUT2D eigenvalue weighted by molar-refractivity contribution is 0.175. The van der Waals surface area contributed by atoms with Crippen molar-refractivity contribution in [2.24, 2.45) is 5.92 Å². The van der Waals surface area contributed by atoms with Crippen LogP contribution in [0.4, 0.5) is 0 Å². The second kappa shape index (κ2) is 8.47. The van der Waals surface area contributed by atoms with Gasteiger partial charge in [0.2, 0.25) is 0 Å². The maximum Gasteiger partial charge on any atom is 0.0233 e. The minimum atomic E-state index is 0.857. The number of hydrogen-bond acceptors (Lipinski definition) is 3. The van der Waals surface area contributed by atoms with Crippen molar-refractivity contribution in [3.05, 3.63) is 58.3 Å². The molecular weight excluding hydrogens is 288 g/mol. The van der Waals surface area contributed by atoms with E-state index < -0.39 is 0 Å². The Labute approximate surface area is 138 Å². The molecule has 22 heavy (non-hydrogen) atoms. The Bertz CT molecular complexity index is 516. The molecule has 0 radical (unpaired) electrons. The van der Waals surface area contributed by atoms with Crippen LogP contribution in [0.5, 0.6) is 0 Å². The lowest BCUT2D eigenvalue weighted by atomic mass is 9.96. The quantitative estimate of drug-likeness (QED) is 0.782. The second-order valence-corrected chi connectivity index (χ2v) is 7.27. The first-order valence-corrected chi connectivity index (χ1v) is 9.27. The maximum absolute atomic E-state index is 3.65. The minimum absolute atomic E-state index is 0.857. The van der Waals surface area contributed by atoms with E-state index in [2.05, 4.69) is 58.1 Å². The van der Waals surface area contributed by atoms with Gasteiger partial charge in [-0.05, 0) is 68.4 Å². The average Bonchev–Trinajstić information content (AvgIpc) is 3.07. The van der Waals surface area contributed by atoms with Gasteiger partial charge in [0.25, 0.3) is 0 Å². The summed E-state index contributed by atoms with van der Waals surface area (Å²) in [4.78, 5) is 4.09. The molecule has 1 saturated heterocycles. The molecule has 0 spiro atoms. The summed E-state index contributed by atoms with van der Waals surface area (Å²) in [5.41, 5.74) is 1.44. The molecule has 0 saturated carbocycles. The lowest BCUT2D eigenvalue weighted by Gasteiger charge is -2.32. The average molecular weight is 314 g/mol. The molecule has 2 heterocycles. The van der Waals surface area contributed by atoms with Gasteiger partial charge < -0.3 is 5.32 Å². The zero-order chi connectivity index (χ0) is 15.0. The first kappa shape index (κ1) is 15.7. The third kappa shape index (κ3) is 4.94. The number of thiophene rings is 1. The zero-order valence-corrected chi connectivity index (χ0v) is 14.0. The molecule has 0 bridgehead atoms. The highest BCUT2D eigenvalue weighted by Gasteiger charge is 2.18. The van der Waals surface area contributed by atoms with Crippen molar-refractivity contribution in [2.75, 3.05) is 26.2 Å². The van der Waals surface area contributed by atoms with E-state index in [4.69, 9.17) is 0 Å². The molecule has 2 nitrogen and oxygen atoms in total. The number of nitrogens with one attached hydrogen (secondary N) is 1. The normalized spacial score (nSPS) is 16.9. The first-order chi connectivity index (χ1) is 10.9. The molecular formula is C19H26N2S. The Kier molecular flexibility index (Phi) is 6.05. The molecule has 3 heteroatoms. The summed E-state index contributed by atoms with van der Waals surface area (Å²) in [5, 5.41) is 5.81. The van der Waals surface area contributed by atoms with E-state index in [1.165, 1.54) is 49.3 Å². The molecule has 118 valence electrons. The first-order valence-electron chi connectivity index (χ1n) is 8.39. The van der Waals surface area contributed by atoms with Crippen molar-refractivity contribution in [3.8, 4) is 0 Å². The van der Waals surface area contributed by atoms with Crippen LogP contribution >= 0.6 is 11.3 Å². The monoisotopic (exact) mass is 314 g/mol. The molecule has 2 aromatic rings.